The van der Waals surface area contributed by atoms with Gasteiger partial charge in [-0.15, -0.1) is 0 Å². The van der Waals surface area contributed by atoms with Crippen LogP contribution in [-0.2, 0) is 4.79 Å². The van der Waals surface area contributed by atoms with Gasteiger partial charge in [0.2, 0.25) is 5.91 Å². The molecule has 3 nitrogen and oxygen atoms in total. The second-order valence-corrected chi connectivity index (χ2v) is 5.52. The largest absolute Gasteiger partial charge is 0.356 e. The van der Waals surface area contributed by atoms with Gasteiger partial charge in [0.25, 0.3) is 0 Å². The van der Waals surface area contributed by atoms with Crippen molar-refractivity contribution in [2.75, 3.05) is 25.9 Å². The van der Waals surface area contributed by atoms with Crippen molar-refractivity contribution in [3.63, 3.8) is 0 Å². The first-order chi connectivity index (χ1) is 7.22. The molecule has 0 saturated carbocycles. The van der Waals surface area contributed by atoms with E-state index in [1.807, 2.05) is 11.8 Å². The minimum absolute atomic E-state index is 0.219. The summed E-state index contributed by atoms with van der Waals surface area (Å²) in [6.45, 7) is 5.09. The van der Waals surface area contributed by atoms with Gasteiger partial charge in [0.1, 0.15) is 0 Å². The molecule has 2 atom stereocenters. The number of rotatable bonds is 6. The van der Waals surface area contributed by atoms with E-state index in [0.29, 0.717) is 17.6 Å². The molecule has 0 aromatic heterocycles. The third-order valence-corrected chi connectivity index (χ3v) is 3.95. The summed E-state index contributed by atoms with van der Waals surface area (Å²) >= 11 is 1.85. The Labute approximate surface area is 96.8 Å². The average Bonchev–Trinajstić information content (AvgIpc) is 2.70. The molecule has 0 aromatic rings. The maximum atomic E-state index is 11.5. The van der Waals surface area contributed by atoms with Crippen LogP contribution in [0.1, 0.15) is 26.2 Å². The molecular weight excluding hydrogens is 208 g/mol. The van der Waals surface area contributed by atoms with Crippen molar-refractivity contribution in [3.05, 3.63) is 0 Å². The average molecular weight is 230 g/mol. The van der Waals surface area contributed by atoms with Crippen molar-refractivity contribution in [3.8, 4) is 0 Å². The number of carbonyl (C=O) groups is 1. The fourth-order valence-corrected chi connectivity index (χ4v) is 2.11. The number of hydrogen-bond donors (Lipinski definition) is 2. The molecule has 15 heavy (non-hydrogen) atoms. The molecule has 0 bridgehead atoms. The SMILES string of the molecule is CSC(C)CCNC(=O)CC1CCNC1. The minimum atomic E-state index is 0.219. The molecule has 4 heteroatoms. The molecule has 0 aliphatic carbocycles. The van der Waals surface area contributed by atoms with Crippen LogP contribution in [0.15, 0.2) is 0 Å². The van der Waals surface area contributed by atoms with Gasteiger partial charge in [-0.2, -0.15) is 11.8 Å². The van der Waals surface area contributed by atoms with E-state index >= 15 is 0 Å². The van der Waals surface area contributed by atoms with Gasteiger partial charge < -0.3 is 10.6 Å². The summed E-state index contributed by atoms with van der Waals surface area (Å²) in [6, 6.07) is 0. The van der Waals surface area contributed by atoms with Crippen molar-refractivity contribution in [1.82, 2.24) is 10.6 Å². The van der Waals surface area contributed by atoms with Crippen molar-refractivity contribution in [2.24, 2.45) is 5.92 Å². The highest BCUT2D eigenvalue weighted by molar-refractivity contribution is 7.99. The number of hydrogen-bond acceptors (Lipinski definition) is 3. The number of amides is 1. The second-order valence-electron chi connectivity index (χ2n) is 4.25. The van der Waals surface area contributed by atoms with Crippen LogP contribution in [0.2, 0.25) is 0 Å². The molecule has 1 aliphatic heterocycles. The van der Waals surface area contributed by atoms with Crippen molar-refractivity contribution in [2.45, 2.75) is 31.4 Å². The second kappa shape index (κ2) is 7.12. The van der Waals surface area contributed by atoms with Crippen LogP contribution in [-0.4, -0.2) is 37.0 Å². The Morgan fingerprint density at radius 2 is 2.47 bits per heavy atom. The highest BCUT2D eigenvalue weighted by atomic mass is 32.2. The van der Waals surface area contributed by atoms with Gasteiger partial charge in [-0.25, -0.2) is 0 Å². The fraction of sp³-hybridized carbons (Fsp3) is 0.909. The molecule has 1 rings (SSSR count). The molecule has 1 saturated heterocycles. The standard InChI is InChI=1S/C11H22N2OS/c1-9(15-2)3-6-13-11(14)7-10-4-5-12-8-10/h9-10,12H,3-8H2,1-2H3,(H,13,14). The molecule has 0 spiro atoms. The zero-order chi connectivity index (χ0) is 11.1. The maximum Gasteiger partial charge on any atom is 0.220 e. The Kier molecular flexibility index (Phi) is 6.10. The van der Waals surface area contributed by atoms with Gasteiger partial charge in [0.05, 0.1) is 0 Å². The van der Waals surface area contributed by atoms with Gasteiger partial charge >= 0.3 is 0 Å². The summed E-state index contributed by atoms with van der Waals surface area (Å²) in [5, 5.41) is 6.91. The quantitative estimate of drug-likeness (QED) is 0.721. The predicted octanol–water partition coefficient (Wildman–Crippen LogP) is 1.24. The smallest absolute Gasteiger partial charge is 0.220 e. The van der Waals surface area contributed by atoms with E-state index in [4.69, 9.17) is 0 Å². The molecule has 88 valence electrons. The van der Waals surface area contributed by atoms with Crippen molar-refractivity contribution in [1.29, 1.82) is 0 Å². The Hall–Kier alpha value is -0.220. The summed E-state index contributed by atoms with van der Waals surface area (Å²) in [6.07, 6.45) is 5.02. The van der Waals surface area contributed by atoms with E-state index in [2.05, 4.69) is 23.8 Å². The Balaban J connectivity index is 2.02. The Morgan fingerprint density at radius 1 is 1.67 bits per heavy atom. The normalized spacial score (nSPS) is 22.7. The van der Waals surface area contributed by atoms with Crippen LogP contribution >= 0.6 is 11.8 Å². The Bertz CT molecular complexity index is 193. The van der Waals surface area contributed by atoms with Gasteiger partial charge in [-0.05, 0) is 38.1 Å². The summed E-state index contributed by atoms with van der Waals surface area (Å²) in [4.78, 5) is 11.5. The monoisotopic (exact) mass is 230 g/mol. The van der Waals surface area contributed by atoms with E-state index in [1.54, 1.807) is 0 Å². The van der Waals surface area contributed by atoms with E-state index < -0.39 is 0 Å². The summed E-state index contributed by atoms with van der Waals surface area (Å²) in [7, 11) is 0. The molecule has 0 aromatic carbocycles. The molecule has 1 amide bonds. The predicted molar refractivity (Wildman–Crippen MR) is 66.2 cm³/mol. The first kappa shape index (κ1) is 12.8. The topological polar surface area (TPSA) is 41.1 Å². The van der Waals surface area contributed by atoms with Crippen LogP contribution in [0.5, 0.6) is 0 Å². The lowest BCUT2D eigenvalue weighted by atomic mass is 10.0. The van der Waals surface area contributed by atoms with E-state index in [1.165, 1.54) is 0 Å². The van der Waals surface area contributed by atoms with Gasteiger partial charge in [-0.1, -0.05) is 6.92 Å². The third kappa shape index (κ3) is 5.42. The van der Waals surface area contributed by atoms with Crippen LogP contribution in [0.25, 0.3) is 0 Å². The molecule has 0 radical (unpaired) electrons. The van der Waals surface area contributed by atoms with Crippen LogP contribution in [0.4, 0.5) is 0 Å². The van der Waals surface area contributed by atoms with Gasteiger partial charge in [0.15, 0.2) is 0 Å². The zero-order valence-electron chi connectivity index (χ0n) is 9.71. The maximum absolute atomic E-state index is 11.5. The lowest BCUT2D eigenvalue weighted by Gasteiger charge is -2.11. The number of carbonyl (C=O) groups excluding carboxylic acids is 1. The van der Waals surface area contributed by atoms with Crippen molar-refractivity contribution >= 4 is 17.7 Å². The molecule has 1 aliphatic rings. The third-order valence-electron chi connectivity index (χ3n) is 2.91. The van der Waals surface area contributed by atoms with E-state index in [-0.39, 0.29) is 5.91 Å². The van der Waals surface area contributed by atoms with Crippen LogP contribution in [0.3, 0.4) is 0 Å². The molecule has 2 unspecified atom stereocenters. The van der Waals surface area contributed by atoms with E-state index in [9.17, 15) is 4.79 Å². The molecule has 1 heterocycles. The van der Waals surface area contributed by atoms with Crippen molar-refractivity contribution < 1.29 is 4.79 Å². The molecule has 1 fully saturated rings. The fourth-order valence-electron chi connectivity index (χ4n) is 1.76. The van der Waals surface area contributed by atoms with Gasteiger partial charge in [-0.3, -0.25) is 4.79 Å². The lowest BCUT2D eigenvalue weighted by molar-refractivity contribution is -0.121. The summed E-state index contributed by atoms with van der Waals surface area (Å²) in [5.74, 6) is 0.778. The van der Waals surface area contributed by atoms with Crippen LogP contribution < -0.4 is 10.6 Å². The summed E-state index contributed by atoms with van der Waals surface area (Å²) in [5.41, 5.74) is 0. The number of thioether (sulfide) groups is 1. The molecule has 2 N–H and O–H groups in total. The minimum Gasteiger partial charge on any atom is -0.356 e. The van der Waals surface area contributed by atoms with E-state index in [0.717, 1.165) is 32.5 Å². The number of nitrogens with one attached hydrogen (secondary N) is 2. The summed E-state index contributed by atoms with van der Waals surface area (Å²) < 4.78 is 0. The molecular formula is C11H22N2OS. The highest BCUT2D eigenvalue weighted by Crippen LogP contribution is 2.12. The zero-order valence-corrected chi connectivity index (χ0v) is 10.5. The highest BCUT2D eigenvalue weighted by Gasteiger charge is 2.17. The lowest BCUT2D eigenvalue weighted by Crippen LogP contribution is -2.28. The first-order valence-electron chi connectivity index (χ1n) is 5.72. The Morgan fingerprint density at radius 3 is 3.07 bits per heavy atom. The van der Waals surface area contributed by atoms with Gasteiger partial charge in [0, 0.05) is 18.2 Å². The van der Waals surface area contributed by atoms with Crippen LogP contribution in [0, 0.1) is 5.92 Å². The first-order valence-corrected chi connectivity index (χ1v) is 7.01.